The van der Waals surface area contributed by atoms with Crippen LogP contribution in [0.4, 0.5) is 13.2 Å². The fraction of sp³-hybridized carbons (Fsp3) is 0.200. The van der Waals surface area contributed by atoms with Crippen molar-refractivity contribution in [2.24, 2.45) is 0 Å². The molecule has 0 aliphatic rings. The highest BCUT2D eigenvalue weighted by Crippen LogP contribution is 2.29. The third-order valence-electron chi connectivity index (χ3n) is 2.90. The van der Waals surface area contributed by atoms with E-state index >= 15 is 0 Å². The molecule has 0 radical (unpaired) electrons. The van der Waals surface area contributed by atoms with Gasteiger partial charge in [0.1, 0.15) is 0 Å². The van der Waals surface area contributed by atoms with Crippen molar-refractivity contribution in [2.75, 3.05) is 0 Å². The zero-order valence-electron chi connectivity index (χ0n) is 10.1. The molecule has 0 spiro atoms. The van der Waals surface area contributed by atoms with E-state index in [0.717, 1.165) is 28.8 Å². The third kappa shape index (κ3) is 3.58. The first-order valence-electron chi connectivity index (χ1n) is 5.84. The van der Waals surface area contributed by atoms with Gasteiger partial charge in [-0.2, -0.15) is 13.2 Å². The average molecular weight is 266 g/mol. The predicted octanol–water partition coefficient (Wildman–Crippen LogP) is 3.79. The van der Waals surface area contributed by atoms with E-state index in [4.69, 9.17) is 5.11 Å². The Labute approximate surface area is 109 Å². The first-order valence-corrected chi connectivity index (χ1v) is 5.84. The SMILES string of the molecule is OCc1ccc(Cc2ccc(C(F)(F)F)cc2)cc1. The summed E-state index contributed by atoms with van der Waals surface area (Å²) in [5, 5.41) is 8.92. The molecule has 0 atom stereocenters. The van der Waals surface area contributed by atoms with Crippen LogP contribution in [-0.4, -0.2) is 5.11 Å². The molecule has 0 heterocycles. The van der Waals surface area contributed by atoms with Crippen molar-refractivity contribution in [3.05, 3.63) is 70.8 Å². The van der Waals surface area contributed by atoms with Crippen molar-refractivity contribution in [3.63, 3.8) is 0 Å². The van der Waals surface area contributed by atoms with Gasteiger partial charge in [0.2, 0.25) is 0 Å². The summed E-state index contributed by atoms with van der Waals surface area (Å²) in [5.74, 6) is 0. The minimum atomic E-state index is -4.29. The highest BCUT2D eigenvalue weighted by atomic mass is 19.4. The Kier molecular flexibility index (Phi) is 3.90. The summed E-state index contributed by atoms with van der Waals surface area (Å²) in [6, 6.07) is 12.5. The van der Waals surface area contributed by atoms with Gasteiger partial charge in [-0.05, 0) is 35.2 Å². The van der Waals surface area contributed by atoms with Crippen LogP contribution in [0.25, 0.3) is 0 Å². The Bertz CT molecular complexity index is 527. The molecule has 0 saturated heterocycles. The maximum Gasteiger partial charge on any atom is 0.416 e. The molecular formula is C15H13F3O. The van der Waals surface area contributed by atoms with Crippen LogP contribution in [0.2, 0.25) is 0 Å². The monoisotopic (exact) mass is 266 g/mol. The van der Waals surface area contributed by atoms with Crippen LogP contribution >= 0.6 is 0 Å². The van der Waals surface area contributed by atoms with E-state index in [2.05, 4.69) is 0 Å². The van der Waals surface area contributed by atoms with Crippen LogP contribution < -0.4 is 0 Å². The zero-order valence-corrected chi connectivity index (χ0v) is 10.1. The second-order valence-corrected chi connectivity index (χ2v) is 4.35. The lowest BCUT2D eigenvalue weighted by Gasteiger charge is -2.08. The number of hydrogen-bond acceptors (Lipinski definition) is 1. The van der Waals surface area contributed by atoms with E-state index in [1.54, 1.807) is 12.1 Å². The fourth-order valence-electron chi connectivity index (χ4n) is 1.81. The lowest BCUT2D eigenvalue weighted by atomic mass is 10.0. The Hall–Kier alpha value is -1.81. The van der Waals surface area contributed by atoms with Crippen LogP contribution in [0.1, 0.15) is 22.3 Å². The smallest absolute Gasteiger partial charge is 0.392 e. The molecule has 2 aromatic rings. The molecule has 0 aliphatic carbocycles. The first kappa shape index (κ1) is 13.6. The number of aliphatic hydroxyl groups excluding tert-OH is 1. The third-order valence-corrected chi connectivity index (χ3v) is 2.90. The number of hydrogen-bond donors (Lipinski definition) is 1. The van der Waals surface area contributed by atoms with Crippen LogP contribution in [0.3, 0.4) is 0 Å². The van der Waals surface area contributed by atoms with Gasteiger partial charge in [0, 0.05) is 0 Å². The quantitative estimate of drug-likeness (QED) is 0.896. The molecule has 0 unspecified atom stereocenters. The van der Waals surface area contributed by atoms with Crippen molar-refractivity contribution < 1.29 is 18.3 Å². The van der Waals surface area contributed by atoms with E-state index < -0.39 is 11.7 Å². The Morgan fingerprint density at radius 1 is 0.737 bits per heavy atom. The van der Waals surface area contributed by atoms with Gasteiger partial charge < -0.3 is 5.11 Å². The molecule has 1 nitrogen and oxygen atoms in total. The molecule has 100 valence electrons. The second-order valence-electron chi connectivity index (χ2n) is 4.35. The minimum Gasteiger partial charge on any atom is -0.392 e. The van der Waals surface area contributed by atoms with Crippen LogP contribution in [0.15, 0.2) is 48.5 Å². The number of benzene rings is 2. The van der Waals surface area contributed by atoms with Gasteiger partial charge in [-0.15, -0.1) is 0 Å². The van der Waals surface area contributed by atoms with Gasteiger partial charge in [0.05, 0.1) is 12.2 Å². The summed E-state index contributed by atoms with van der Waals surface area (Å²) in [5.41, 5.74) is 2.00. The molecule has 0 saturated carbocycles. The van der Waals surface area contributed by atoms with Crippen molar-refractivity contribution in [1.29, 1.82) is 0 Å². The van der Waals surface area contributed by atoms with Gasteiger partial charge in [0.25, 0.3) is 0 Å². The summed E-state index contributed by atoms with van der Waals surface area (Å²) >= 11 is 0. The summed E-state index contributed by atoms with van der Waals surface area (Å²) in [6.07, 6.45) is -3.72. The molecule has 0 bridgehead atoms. The second kappa shape index (κ2) is 5.45. The number of alkyl halides is 3. The molecule has 19 heavy (non-hydrogen) atoms. The molecule has 0 aromatic heterocycles. The maximum absolute atomic E-state index is 12.4. The largest absolute Gasteiger partial charge is 0.416 e. The van der Waals surface area contributed by atoms with Crippen LogP contribution in [-0.2, 0) is 19.2 Å². The average Bonchev–Trinajstić information content (AvgIpc) is 2.39. The van der Waals surface area contributed by atoms with Gasteiger partial charge in [-0.25, -0.2) is 0 Å². The van der Waals surface area contributed by atoms with Crippen LogP contribution in [0.5, 0.6) is 0 Å². The van der Waals surface area contributed by atoms with Crippen molar-refractivity contribution in [1.82, 2.24) is 0 Å². The van der Waals surface area contributed by atoms with Crippen molar-refractivity contribution in [3.8, 4) is 0 Å². The molecule has 0 fully saturated rings. The van der Waals surface area contributed by atoms with Gasteiger partial charge >= 0.3 is 6.18 Å². The summed E-state index contributed by atoms with van der Waals surface area (Å²) in [7, 11) is 0. The van der Waals surface area contributed by atoms with E-state index in [9.17, 15) is 13.2 Å². The first-order chi connectivity index (χ1) is 8.99. The van der Waals surface area contributed by atoms with Crippen molar-refractivity contribution >= 4 is 0 Å². The normalized spacial score (nSPS) is 11.6. The minimum absolute atomic E-state index is 0.0133. The summed E-state index contributed by atoms with van der Waals surface area (Å²) in [4.78, 5) is 0. The molecule has 1 N–H and O–H groups in total. The van der Waals surface area contributed by atoms with E-state index in [-0.39, 0.29) is 6.61 Å². The molecule has 0 aliphatic heterocycles. The Balaban J connectivity index is 2.10. The highest BCUT2D eigenvalue weighted by molar-refractivity contribution is 5.31. The summed E-state index contributed by atoms with van der Waals surface area (Å²) in [6.45, 7) is -0.0133. The van der Waals surface area contributed by atoms with Gasteiger partial charge in [0.15, 0.2) is 0 Å². The van der Waals surface area contributed by atoms with E-state index in [1.165, 1.54) is 12.1 Å². The number of halogens is 3. The van der Waals surface area contributed by atoms with Gasteiger partial charge in [-0.3, -0.25) is 0 Å². The highest BCUT2D eigenvalue weighted by Gasteiger charge is 2.29. The zero-order chi connectivity index (χ0) is 13.9. The van der Waals surface area contributed by atoms with Crippen molar-refractivity contribution in [2.45, 2.75) is 19.2 Å². The number of rotatable bonds is 3. The van der Waals surface area contributed by atoms with Crippen LogP contribution in [0, 0.1) is 0 Å². The summed E-state index contributed by atoms with van der Waals surface area (Å²) < 4.78 is 37.2. The lowest BCUT2D eigenvalue weighted by Crippen LogP contribution is -2.04. The lowest BCUT2D eigenvalue weighted by molar-refractivity contribution is -0.137. The maximum atomic E-state index is 12.4. The predicted molar refractivity (Wildman–Crippen MR) is 66.6 cm³/mol. The Morgan fingerprint density at radius 2 is 1.16 bits per heavy atom. The fourth-order valence-corrected chi connectivity index (χ4v) is 1.81. The molecule has 2 rings (SSSR count). The van der Waals surface area contributed by atoms with Gasteiger partial charge in [-0.1, -0.05) is 36.4 Å². The Morgan fingerprint density at radius 3 is 1.58 bits per heavy atom. The van der Waals surface area contributed by atoms with E-state index in [0.29, 0.717) is 6.42 Å². The molecule has 4 heteroatoms. The molecule has 0 amide bonds. The molecular weight excluding hydrogens is 253 g/mol. The molecule has 2 aromatic carbocycles. The topological polar surface area (TPSA) is 20.2 Å². The van der Waals surface area contributed by atoms with E-state index in [1.807, 2.05) is 12.1 Å². The standard InChI is InChI=1S/C15H13F3O/c16-15(17,18)14-7-5-12(6-8-14)9-11-1-3-13(10-19)4-2-11/h1-8,19H,9-10H2. The number of aliphatic hydroxyl groups is 1.